The standard InChI is InChI=1S/C32H38N4O4/c37-29-13-5-12-28(34(29)19-30(38)39)31-32(40)36(27-11-2-1-10-26(27)33-31)25-17-22-8-4-9-23(18-25)35(22)24-15-20-6-3-7-21(14-20)16-24/h1-2,5,10-13,20-25H,3-4,6-9,14-19H2,(H,38,39)/t20-,21+,22-,23+,24?,25?. The van der Waals surface area contributed by atoms with Crippen LogP contribution in [0.5, 0.6) is 0 Å². The summed E-state index contributed by atoms with van der Waals surface area (Å²) < 4.78 is 3.07. The first-order valence-electron chi connectivity index (χ1n) is 15.2. The highest BCUT2D eigenvalue weighted by atomic mass is 16.4. The third-order valence-corrected chi connectivity index (χ3v) is 10.3. The van der Waals surface area contributed by atoms with Crippen LogP contribution in [0.1, 0.15) is 76.7 Å². The van der Waals surface area contributed by atoms with Gasteiger partial charge in [0.2, 0.25) is 0 Å². The number of piperidine rings is 2. The quantitative estimate of drug-likeness (QED) is 0.496. The van der Waals surface area contributed by atoms with Gasteiger partial charge in [-0.15, -0.1) is 0 Å². The summed E-state index contributed by atoms with van der Waals surface area (Å²) in [5.41, 5.74) is 1.19. The number of hydrogen-bond donors (Lipinski definition) is 1. The molecule has 2 unspecified atom stereocenters. The molecule has 0 spiro atoms. The lowest BCUT2D eigenvalue weighted by atomic mass is 9.68. The normalized spacial score (nSPS) is 30.3. The van der Waals surface area contributed by atoms with Gasteiger partial charge in [-0.1, -0.05) is 43.9 Å². The summed E-state index contributed by atoms with van der Waals surface area (Å²) in [5.74, 6) is 0.641. The van der Waals surface area contributed by atoms with E-state index in [1.54, 1.807) is 12.1 Å². The highest BCUT2D eigenvalue weighted by Crippen LogP contribution is 2.47. The van der Waals surface area contributed by atoms with Crippen molar-refractivity contribution in [1.29, 1.82) is 0 Å². The summed E-state index contributed by atoms with van der Waals surface area (Å²) >= 11 is 0. The molecule has 3 aromatic rings. The Morgan fingerprint density at radius 1 is 0.800 bits per heavy atom. The molecular weight excluding hydrogens is 504 g/mol. The van der Waals surface area contributed by atoms with Crippen LogP contribution < -0.4 is 11.1 Å². The van der Waals surface area contributed by atoms with Crippen LogP contribution in [0.25, 0.3) is 22.4 Å². The SMILES string of the molecule is O=C(O)Cn1c(-c2nc3ccccc3n(C3C[C@H]4CCC[C@@H](C3)N4C3C[C@H]4CCC[C@@H](C3)C4)c2=O)cccc1=O. The van der Waals surface area contributed by atoms with Gasteiger partial charge in [0.1, 0.15) is 6.54 Å². The number of carbonyl (C=O) groups is 1. The van der Waals surface area contributed by atoms with E-state index in [1.165, 1.54) is 63.9 Å². The van der Waals surface area contributed by atoms with E-state index in [9.17, 15) is 19.5 Å². The molecule has 2 aliphatic carbocycles. The Morgan fingerprint density at radius 2 is 1.50 bits per heavy atom. The molecule has 40 heavy (non-hydrogen) atoms. The molecule has 1 N–H and O–H groups in total. The van der Waals surface area contributed by atoms with E-state index >= 15 is 0 Å². The first kappa shape index (κ1) is 25.7. The molecule has 4 aliphatic rings. The fraction of sp³-hybridized carbons (Fsp3) is 0.562. The van der Waals surface area contributed by atoms with Gasteiger partial charge in [-0.05, 0) is 75.0 Å². The summed E-state index contributed by atoms with van der Waals surface area (Å²) in [7, 11) is 0. The number of nitrogens with zero attached hydrogens (tertiary/aromatic N) is 4. The first-order valence-corrected chi connectivity index (χ1v) is 15.2. The van der Waals surface area contributed by atoms with Crippen molar-refractivity contribution in [2.45, 2.75) is 101 Å². The topological polar surface area (TPSA) is 97.4 Å². The Morgan fingerprint density at radius 3 is 2.23 bits per heavy atom. The third-order valence-electron chi connectivity index (χ3n) is 10.3. The molecule has 4 fully saturated rings. The maximum Gasteiger partial charge on any atom is 0.323 e. The van der Waals surface area contributed by atoms with Crippen molar-refractivity contribution in [3.63, 3.8) is 0 Å². The molecule has 1 aromatic carbocycles. The maximum atomic E-state index is 14.3. The molecular formula is C32H38N4O4. The number of pyridine rings is 1. The van der Waals surface area contributed by atoms with E-state index in [1.807, 2.05) is 28.8 Å². The fourth-order valence-electron chi connectivity index (χ4n) is 8.84. The van der Waals surface area contributed by atoms with Crippen LogP contribution in [0.4, 0.5) is 0 Å². The number of rotatable bonds is 5. The Labute approximate surface area is 233 Å². The summed E-state index contributed by atoms with van der Waals surface area (Å²) in [5, 5.41) is 9.47. The first-order chi connectivity index (χ1) is 19.5. The molecule has 2 saturated carbocycles. The molecule has 2 aromatic heterocycles. The van der Waals surface area contributed by atoms with E-state index < -0.39 is 18.1 Å². The number of benzene rings is 1. The minimum Gasteiger partial charge on any atom is -0.480 e. The Balaban J connectivity index is 1.29. The van der Waals surface area contributed by atoms with Gasteiger partial charge in [-0.2, -0.15) is 0 Å². The van der Waals surface area contributed by atoms with Crippen molar-refractivity contribution in [3.8, 4) is 11.4 Å². The van der Waals surface area contributed by atoms with Crippen molar-refractivity contribution in [3.05, 3.63) is 63.2 Å². The van der Waals surface area contributed by atoms with E-state index in [2.05, 4.69) is 4.90 Å². The molecule has 210 valence electrons. The molecule has 8 nitrogen and oxygen atoms in total. The minimum absolute atomic E-state index is 0.0390. The highest BCUT2D eigenvalue weighted by Gasteiger charge is 2.45. The van der Waals surface area contributed by atoms with Crippen LogP contribution in [-0.2, 0) is 11.3 Å². The van der Waals surface area contributed by atoms with Gasteiger partial charge in [0.15, 0.2) is 5.69 Å². The maximum absolute atomic E-state index is 14.3. The van der Waals surface area contributed by atoms with Crippen LogP contribution in [0.2, 0.25) is 0 Å². The number of aliphatic carboxylic acids is 1. The zero-order valence-electron chi connectivity index (χ0n) is 23.0. The average Bonchev–Trinajstić information content (AvgIpc) is 2.93. The van der Waals surface area contributed by atoms with Crippen LogP contribution >= 0.6 is 0 Å². The predicted octanol–water partition coefficient (Wildman–Crippen LogP) is 4.84. The molecule has 2 aliphatic heterocycles. The van der Waals surface area contributed by atoms with E-state index in [0.717, 1.165) is 34.8 Å². The largest absolute Gasteiger partial charge is 0.480 e. The van der Waals surface area contributed by atoms with Crippen molar-refractivity contribution in [2.24, 2.45) is 11.8 Å². The molecule has 0 radical (unpaired) electrons. The van der Waals surface area contributed by atoms with Crippen molar-refractivity contribution >= 4 is 17.0 Å². The lowest BCUT2D eigenvalue weighted by Gasteiger charge is -2.55. The summed E-state index contributed by atoms with van der Waals surface area (Å²) in [6.07, 6.45) is 13.8. The van der Waals surface area contributed by atoms with E-state index in [0.29, 0.717) is 23.6 Å². The summed E-state index contributed by atoms with van der Waals surface area (Å²) in [6, 6.07) is 13.9. The van der Waals surface area contributed by atoms with Crippen LogP contribution in [-0.4, -0.2) is 48.2 Å². The number of carboxylic acid groups (broad SMARTS) is 1. The van der Waals surface area contributed by atoms with Gasteiger partial charge in [0.05, 0.1) is 16.7 Å². The number of para-hydroxylation sites is 2. The van der Waals surface area contributed by atoms with Gasteiger partial charge in [-0.25, -0.2) is 4.98 Å². The van der Waals surface area contributed by atoms with Crippen molar-refractivity contribution in [1.82, 2.24) is 19.0 Å². The summed E-state index contributed by atoms with van der Waals surface area (Å²) in [4.78, 5) is 46.1. The second-order valence-corrected chi connectivity index (χ2v) is 12.7. The summed E-state index contributed by atoms with van der Waals surface area (Å²) in [6.45, 7) is -0.519. The van der Waals surface area contributed by atoms with Gasteiger partial charge in [0.25, 0.3) is 11.1 Å². The van der Waals surface area contributed by atoms with Gasteiger partial charge in [-0.3, -0.25) is 23.9 Å². The van der Waals surface area contributed by atoms with Crippen LogP contribution in [0.3, 0.4) is 0 Å². The van der Waals surface area contributed by atoms with Crippen molar-refractivity contribution < 1.29 is 9.90 Å². The van der Waals surface area contributed by atoms with Gasteiger partial charge < -0.3 is 9.67 Å². The number of carboxylic acids is 1. The van der Waals surface area contributed by atoms with Crippen molar-refractivity contribution in [2.75, 3.05) is 0 Å². The molecule has 6 atom stereocenters. The number of aromatic nitrogens is 3. The fourth-order valence-corrected chi connectivity index (χ4v) is 8.84. The Bertz CT molecular complexity index is 1530. The van der Waals surface area contributed by atoms with E-state index in [4.69, 9.17) is 4.98 Å². The number of fused-ring (bicyclic) bond motifs is 5. The molecule has 4 bridgehead atoms. The lowest BCUT2D eigenvalue weighted by Crippen LogP contribution is -2.58. The highest BCUT2D eigenvalue weighted by molar-refractivity contribution is 5.78. The Hall–Kier alpha value is -3.26. The third kappa shape index (κ3) is 4.50. The molecule has 4 heterocycles. The molecule has 7 rings (SSSR count). The molecule has 2 saturated heterocycles. The van der Waals surface area contributed by atoms with Crippen LogP contribution in [0, 0.1) is 11.8 Å². The second kappa shape index (κ2) is 10.3. The molecule has 0 amide bonds. The average molecular weight is 543 g/mol. The smallest absolute Gasteiger partial charge is 0.323 e. The lowest BCUT2D eigenvalue weighted by molar-refractivity contribution is -0.137. The Kier molecular flexibility index (Phi) is 6.61. The zero-order valence-corrected chi connectivity index (χ0v) is 23.0. The zero-order chi connectivity index (χ0) is 27.4. The second-order valence-electron chi connectivity index (χ2n) is 12.7. The predicted molar refractivity (Wildman–Crippen MR) is 153 cm³/mol. The van der Waals surface area contributed by atoms with Crippen LogP contribution in [0.15, 0.2) is 52.1 Å². The van der Waals surface area contributed by atoms with E-state index in [-0.39, 0.29) is 23.0 Å². The van der Waals surface area contributed by atoms with Gasteiger partial charge >= 0.3 is 5.97 Å². The monoisotopic (exact) mass is 542 g/mol. The number of hydrogen-bond acceptors (Lipinski definition) is 5. The van der Waals surface area contributed by atoms with Gasteiger partial charge in [0, 0.05) is 30.2 Å². The molecule has 8 heteroatoms. The minimum atomic E-state index is -1.14.